The molecular formula is C12H14FNO2. The molecule has 1 aliphatic heterocycles. The molecule has 1 aromatic carbocycles. The van der Waals surface area contributed by atoms with Crippen LogP contribution in [0.3, 0.4) is 0 Å². The van der Waals surface area contributed by atoms with Crippen LogP contribution in [0.1, 0.15) is 21.5 Å². The van der Waals surface area contributed by atoms with Crippen LogP contribution >= 0.6 is 0 Å². The zero-order chi connectivity index (χ0) is 11.5. The fourth-order valence-corrected chi connectivity index (χ4v) is 2.06. The number of alkyl halides is 1. The van der Waals surface area contributed by atoms with Gasteiger partial charge in [0.2, 0.25) is 0 Å². The number of fused-ring (bicyclic) bond motifs is 1. The molecule has 0 spiro atoms. The number of hydrogen-bond acceptors (Lipinski definition) is 2. The highest BCUT2D eigenvalue weighted by atomic mass is 19.1. The first-order valence-electron chi connectivity index (χ1n) is 5.34. The van der Waals surface area contributed by atoms with E-state index < -0.39 is 5.97 Å². The van der Waals surface area contributed by atoms with Gasteiger partial charge in [0.25, 0.3) is 0 Å². The van der Waals surface area contributed by atoms with E-state index in [4.69, 9.17) is 5.11 Å². The molecule has 0 saturated heterocycles. The maximum Gasteiger partial charge on any atom is 0.335 e. The topological polar surface area (TPSA) is 40.5 Å². The average Bonchev–Trinajstić information content (AvgIpc) is 2.28. The molecule has 4 heteroatoms. The summed E-state index contributed by atoms with van der Waals surface area (Å²) in [5.41, 5.74) is 2.50. The molecule has 0 radical (unpaired) electrons. The Morgan fingerprint density at radius 3 is 2.94 bits per heavy atom. The van der Waals surface area contributed by atoms with Crippen molar-refractivity contribution in [2.24, 2.45) is 0 Å². The molecule has 0 bridgehead atoms. The third-order valence-corrected chi connectivity index (χ3v) is 2.95. The van der Waals surface area contributed by atoms with E-state index in [1.54, 1.807) is 12.1 Å². The summed E-state index contributed by atoms with van der Waals surface area (Å²) in [6.45, 7) is 1.58. The van der Waals surface area contributed by atoms with Crippen molar-refractivity contribution in [3.05, 3.63) is 34.9 Å². The number of hydrogen-bond donors (Lipinski definition) is 1. The van der Waals surface area contributed by atoms with E-state index in [9.17, 15) is 9.18 Å². The van der Waals surface area contributed by atoms with Crippen LogP contribution in [0.5, 0.6) is 0 Å². The van der Waals surface area contributed by atoms with Crippen LogP contribution in [0.2, 0.25) is 0 Å². The van der Waals surface area contributed by atoms with Gasteiger partial charge >= 0.3 is 5.97 Å². The molecule has 1 N–H and O–H groups in total. The molecule has 2 rings (SSSR count). The number of rotatable bonds is 3. The van der Waals surface area contributed by atoms with Gasteiger partial charge < -0.3 is 5.11 Å². The van der Waals surface area contributed by atoms with Crippen LogP contribution < -0.4 is 0 Å². The highest BCUT2D eigenvalue weighted by Crippen LogP contribution is 2.20. The van der Waals surface area contributed by atoms with Crippen molar-refractivity contribution in [3.8, 4) is 0 Å². The van der Waals surface area contributed by atoms with Crippen LogP contribution in [0, 0.1) is 0 Å². The van der Waals surface area contributed by atoms with Gasteiger partial charge in [-0.25, -0.2) is 9.18 Å². The molecule has 0 saturated carbocycles. The minimum Gasteiger partial charge on any atom is -0.478 e. The van der Waals surface area contributed by atoms with E-state index in [1.165, 1.54) is 5.56 Å². The largest absolute Gasteiger partial charge is 0.478 e. The first-order chi connectivity index (χ1) is 7.70. The Morgan fingerprint density at radius 2 is 2.25 bits per heavy atom. The van der Waals surface area contributed by atoms with Gasteiger partial charge in [-0.15, -0.1) is 0 Å². The molecule has 0 unspecified atom stereocenters. The van der Waals surface area contributed by atoms with Crippen molar-refractivity contribution in [2.45, 2.75) is 13.0 Å². The van der Waals surface area contributed by atoms with Crippen molar-refractivity contribution in [3.63, 3.8) is 0 Å². The normalized spacial score (nSPS) is 15.8. The number of halogens is 1. The second-order valence-corrected chi connectivity index (χ2v) is 4.00. The first-order valence-corrected chi connectivity index (χ1v) is 5.34. The molecule has 0 aliphatic carbocycles. The molecule has 0 fully saturated rings. The minimum absolute atomic E-state index is 0.306. The SMILES string of the molecule is O=C(O)c1ccc2c(c1)CN(CCF)CC2. The summed E-state index contributed by atoms with van der Waals surface area (Å²) in [5, 5.41) is 8.88. The van der Waals surface area contributed by atoms with E-state index >= 15 is 0 Å². The summed E-state index contributed by atoms with van der Waals surface area (Å²) < 4.78 is 12.2. The van der Waals surface area contributed by atoms with Crippen LogP contribution in [0.4, 0.5) is 4.39 Å². The van der Waals surface area contributed by atoms with Crippen molar-refractivity contribution >= 4 is 5.97 Å². The Balaban J connectivity index is 2.21. The molecule has 1 aromatic rings. The molecule has 0 amide bonds. The Labute approximate surface area is 93.5 Å². The first kappa shape index (κ1) is 11.1. The van der Waals surface area contributed by atoms with Gasteiger partial charge in [-0.3, -0.25) is 4.90 Å². The van der Waals surface area contributed by atoms with Crippen molar-refractivity contribution in [2.75, 3.05) is 19.8 Å². The summed E-state index contributed by atoms with van der Waals surface area (Å²) in [6.07, 6.45) is 0.870. The Kier molecular flexibility index (Phi) is 3.19. The lowest BCUT2D eigenvalue weighted by Crippen LogP contribution is -2.32. The number of carbonyl (C=O) groups is 1. The van der Waals surface area contributed by atoms with E-state index in [2.05, 4.69) is 0 Å². The maximum absolute atomic E-state index is 12.2. The molecule has 0 aromatic heterocycles. The Hall–Kier alpha value is -1.42. The Bertz CT molecular complexity index is 406. The number of carboxylic acid groups (broad SMARTS) is 1. The summed E-state index contributed by atoms with van der Waals surface area (Å²) in [6, 6.07) is 5.19. The Morgan fingerprint density at radius 1 is 1.44 bits per heavy atom. The smallest absolute Gasteiger partial charge is 0.335 e. The van der Waals surface area contributed by atoms with Gasteiger partial charge in [0, 0.05) is 19.6 Å². The number of nitrogens with zero attached hydrogens (tertiary/aromatic N) is 1. The van der Waals surface area contributed by atoms with E-state index in [0.717, 1.165) is 18.5 Å². The minimum atomic E-state index is -0.912. The van der Waals surface area contributed by atoms with Gasteiger partial charge in [0.05, 0.1) is 5.56 Å². The third-order valence-electron chi connectivity index (χ3n) is 2.95. The summed E-state index contributed by atoms with van der Waals surface area (Å²) in [5.74, 6) is -0.912. The monoisotopic (exact) mass is 223 g/mol. The van der Waals surface area contributed by atoms with Crippen molar-refractivity contribution in [1.82, 2.24) is 4.90 Å². The number of aromatic carboxylic acids is 1. The number of benzene rings is 1. The molecule has 1 aliphatic rings. The molecular weight excluding hydrogens is 209 g/mol. The zero-order valence-electron chi connectivity index (χ0n) is 8.95. The second-order valence-electron chi connectivity index (χ2n) is 4.00. The molecule has 1 heterocycles. The van der Waals surface area contributed by atoms with Crippen LogP contribution in [0.25, 0.3) is 0 Å². The van der Waals surface area contributed by atoms with Gasteiger partial charge in [-0.05, 0) is 29.7 Å². The molecule has 86 valence electrons. The van der Waals surface area contributed by atoms with Crippen molar-refractivity contribution in [1.29, 1.82) is 0 Å². The summed E-state index contributed by atoms with van der Waals surface area (Å²) in [4.78, 5) is 12.8. The van der Waals surface area contributed by atoms with E-state index in [0.29, 0.717) is 18.7 Å². The molecule has 3 nitrogen and oxygen atoms in total. The highest BCUT2D eigenvalue weighted by molar-refractivity contribution is 5.87. The average molecular weight is 223 g/mol. The maximum atomic E-state index is 12.2. The predicted octanol–water partition coefficient (Wildman–Crippen LogP) is 1.71. The van der Waals surface area contributed by atoms with Crippen LogP contribution in [-0.4, -0.2) is 35.7 Å². The fraction of sp³-hybridized carbons (Fsp3) is 0.417. The fourth-order valence-electron chi connectivity index (χ4n) is 2.06. The summed E-state index contributed by atoms with van der Waals surface area (Å²) in [7, 11) is 0. The van der Waals surface area contributed by atoms with Gasteiger partial charge in [-0.2, -0.15) is 0 Å². The third kappa shape index (κ3) is 2.22. The van der Waals surface area contributed by atoms with Gasteiger partial charge in [0.1, 0.15) is 6.67 Å². The highest BCUT2D eigenvalue weighted by Gasteiger charge is 2.17. The predicted molar refractivity (Wildman–Crippen MR) is 58.4 cm³/mol. The van der Waals surface area contributed by atoms with E-state index in [-0.39, 0.29) is 6.67 Å². The molecule has 0 atom stereocenters. The second kappa shape index (κ2) is 4.61. The lowest BCUT2D eigenvalue weighted by atomic mass is 9.97. The standard InChI is InChI=1S/C12H14FNO2/c13-4-6-14-5-3-9-1-2-10(12(15)16)7-11(9)8-14/h1-2,7H,3-6,8H2,(H,15,16). The van der Waals surface area contributed by atoms with Gasteiger partial charge in [0.15, 0.2) is 0 Å². The van der Waals surface area contributed by atoms with E-state index in [1.807, 2.05) is 11.0 Å². The zero-order valence-corrected chi connectivity index (χ0v) is 8.95. The lowest BCUT2D eigenvalue weighted by molar-refractivity contribution is 0.0696. The van der Waals surface area contributed by atoms with Crippen LogP contribution in [0.15, 0.2) is 18.2 Å². The quantitative estimate of drug-likeness (QED) is 0.848. The molecule has 16 heavy (non-hydrogen) atoms. The van der Waals surface area contributed by atoms with Crippen LogP contribution in [-0.2, 0) is 13.0 Å². The van der Waals surface area contributed by atoms with Gasteiger partial charge in [-0.1, -0.05) is 6.07 Å². The number of carboxylic acids is 1. The van der Waals surface area contributed by atoms with Crippen molar-refractivity contribution < 1.29 is 14.3 Å². The summed E-state index contributed by atoms with van der Waals surface area (Å²) >= 11 is 0. The lowest BCUT2D eigenvalue weighted by Gasteiger charge is -2.27.